The highest BCUT2D eigenvalue weighted by molar-refractivity contribution is 5.63. The molecule has 0 bridgehead atoms. The molecule has 0 saturated heterocycles. The van der Waals surface area contributed by atoms with Gasteiger partial charge in [0.2, 0.25) is 0 Å². The lowest BCUT2D eigenvalue weighted by atomic mass is 10.1. The molecule has 0 saturated carbocycles. The Bertz CT molecular complexity index is 422. The highest BCUT2D eigenvalue weighted by Crippen LogP contribution is 2.23. The summed E-state index contributed by atoms with van der Waals surface area (Å²) < 4.78 is 12.9. The predicted molar refractivity (Wildman–Crippen MR) is 51.3 cm³/mol. The Morgan fingerprint density at radius 3 is 2.64 bits per heavy atom. The fraction of sp³-hybridized carbons (Fsp3) is 0. The van der Waals surface area contributed by atoms with E-state index in [4.69, 9.17) is 0 Å². The first-order valence-corrected chi connectivity index (χ1v) is 4.16. The van der Waals surface area contributed by atoms with Gasteiger partial charge >= 0.3 is 0 Å². The van der Waals surface area contributed by atoms with Gasteiger partial charge in [-0.25, -0.2) is 4.39 Å². The van der Waals surface area contributed by atoms with Crippen LogP contribution in [0.5, 0.6) is 5.75 Å². The Balaban J connectivity index is 2.52. The van der Waals surface area contributed by atoms with E-state index in [-0.39, 0.29) is 5.75 Å². The lowest BCUT2D eigenvalue weighted by Crippen LogP contribution is -1.81. The van der Waals surface area contributed by atoms with Crippen molar-refractivity contribution in [3.05, 3.63) is 48.5 Å². The molecule has 0 radical (unpaired) electrons. The molecule has 0 atom stereocenters. The van der Waals surface area contributed by atoms with Gasteiger partial charge < -0.3 is 5.11 Å². The number of hydrogen-bond donors (Lipinski definition) is 1. The molecule has 0 aliphatic heterocycles. The van der Waals surface area contributed by atoms with Crippen LogP contribution in [0.3, 0.4) is 0 Å². The molecule has 1 aromatic carbocycles. The van der Waals surface area contributed by atoms with Gasteiger partial charge in [-0.3, -0.25) is 4.98 Å². The summed E-state index contributed by atoms with van der Waals surface area (Å²) in [4.78, 5) is 3.92. The number of aromatic nitrogens is 1. The smallest absolute Gasteiger partial charge is 0.127 e. The second-order valence-electron chi connectivity index (χ2n) is 2.94. The maximum absolute atomic E-state index is 12.9. The first kappa shape index (κ1) is 8.69. The van der Waals surface area contributed by atoms with Gasteiger partial charge in [0, 0.05) is 24.0 Å². The van der Waals surface area contributed by atoms with Crippen LogP contribution in [0.1, 0.15) is 0 Å². The number of halogens is 1. The summed E-state index contributed by atoms with van der Waals surface area (Å²) >= 11 is 0. The largest absolute Gasteiger partial charge is 0.508 e. The highest BCUT2D eigenvalue weighted by atomic mass is 19.1. The molecule has 1 aromatic heterocycles. The molecule has 70 valence electrons. The third-order valence-electron chi connectivity index (χ3n) is 1.88. The molecule has 0 spiro atoms. The molecule has 0 amide bonds. The SMILES string of the molecule is Oc1cc(F)cc(-c2cccnc2)c1. The highest BCUT2D eigenvalue weighted by Gasteiger charge is 2.01. The van der Waals surface area contributed by atoms with Gasteiger partial charge in [0.1, 0.15) is 11.6 Å². The minimum Gasteiger partial charge on any atom is -0.508 e. The maximum Gasteiger partial charge on any atom is 0.127 e. The van der Waals surface area contributed by atoms with Crippen molar-refractivity contribution >= 4 is 0 Å². The maximum atomic E-state index is 12.9. The van der Waals surface area contributed by atoms with Crippen molar-refractivity contribution < 1.29 is 9.50 Å². The second-order valence-corrected chi connectivity index (χ2v) is 2.94. The van der Waals surface area contributed by atoms with Crippen LogP contribution in [0.25, 0.3) is 11.1 Å². The third kappa shape index (κ3) is 1.71. The number of rotatable bonds is 1. The van der Waals surface area contributed by atoms with E-state index < -0.39 is 5.82 Å². The Hall–Kier alpha value is -1.90. The summed E-state index contributed by atoms with van der Waals surface area (Å²) in [5, 5.41) is 9.19. The molecule has 0 aliphatic rings. The number of phenolic OH excluding ortho intramolecular Hbond substituents is 1. The summed E-state index contributed by atoms with van der Waals surface area (Å²) in [5.41, 5.74) is 1.40. The molecular weight excluding hydrogens is 181 g/mol. The molecule has 2 nitrogen and oxygen atoms in total. The molecular formula is C11H8FNO. The zero-order valence-electron chi connectivity index (χ0n) is 7.31. The van der Waals surface area contributed by atoms with Crippen LogP contribution in [0.15, 0.2) is 42.7 Å². The van der Waals surface area contributed by atoms with Crippen molar-refractivity contribution in [3.8, 4) is 16.9 Å². The van der Waals surface area contributed by atoms with Crippen LogP contribution in [-0.2, 0) is 0 Å². The van der Waals surface area contributed by atoms with E-state index in [1.54, 1.807) is 24.5 Å². The molecule has 0 fully saturated rings. The van der Waals surface area contributed by atoms with Crippen molar-refractivity contribution in [2.75, 3.05) is 0 Å². The fourth-order valence-electron chi connectivity index (χ4n) is 1.27. The number of pyridine rings is 1. The molecule has 0 aliphatic carbocycles. The summed E-state index contributed by atoms with van der Waals surface area (Å²) in [6.45, 7) is 0. The van der Waals surface area contributed by atoms with E-state index in [1.165, 1.54) is 12.1 Å². The van der Waals surface area contributed by atoms with Gasteiger partial charge in [-0.05, 0) is 23.8 Å². The monoisotopic (exact) mass is 189 g/mol. The normalized spacial score (nSPS) is 10.1. The second kappa shape index (κ2) is 3.46. The third-order valence-corrected chi connectivity index (χ3v) is 1.88. The lowest BCUT2D eigenvalue weighted by molar-refractivity contribution is 0.469. The fourth-order valence-corrected chi connectivity index (χ4v) is 1.27. The first-order chi connectivity index (χ1) is 6.75. The zero-order valence-corrected chi connectivity index (χ0v) is 7.31. The molecule has 3 heteroatoms. The Morgan fingerprint density at radius 1 is 1.14 bits per heavy atom. The minimum atomic E-state index is -0.455. The Morgan fingerprint density at radius 2 is 2.00 bits per heavy atom. The van der Waals surface area contributed by atoms with Crippen molar-refractivity contribution in [1.82, 2.24) is 4.98 Å². The van der Waals surface area contributed by atoms with Gasteiger partial charge in [0.05, 0.1) is 0 Å². The van der Waals surface area contributed by atoms with Gasteiger partial charge in [0.25, 0.3) is 0 Å². The van der Waals surface area contributed by atoms with E-state index in [1.807, 2.05) is 0 Å². The molecule has 0 unspecified atom stereocenters. The quantitative estimate of drug-likeness (QED) is 0.747. The minimum absolute atomic E-state index is 0.0798. The average Bonchev–Trinajstić information content (AvgIpc) is 2.18. The molecule has 14 heavy (non-hydrogen) atoms. The van der Waals surface area contributed by atoms with Gasteiger partial charge in [0.15, 0.2) is 0 Å². The predicted octanol–water partition coefficient (Wildman–Crippen LogP) is 2.59. The number of phenols is 1. The first-order valence-electron chi connectivity index (χ1n) is 4.16. The van der Waals surface area contributed by atoms with E-state index in [2.05, 4.69) is 4.98 Å². The van der Waals surface area contributed by atoms with Gasteiger partial charge in [-0.15, -0.1) is 0 Å². The summed E-state index contributed by atoms with van der Waals surface area (Å²) in [5.74, 6) is -0.535. The van der Waals surface area contributed by atoms with Crippen LogP contribution in [0.4, 0.5) is 4.39 Å². The average molecular weight is 189 g/mol. The van der Waals surface area contributed by atoms with Crippen molar-refractivity contribution in [2.24, 2.45) is 0 Å². The van der Waals surface area contributed by atoms with Crippen LogP contribution < -0.4 is 0 Å². The van der Waals surface area contributed by atoms with Crippen molar-refractivity contribution in [2.45, 2.75) is 0 Å². The summed E-state index contributed by atoms with van der Waals surface area (Å²) in [6, 6.07) is 7.50. The van der Waals surface area contributed by atoms with E-state index >= 15 is 0 Å². The number of nitrogens with zero attached hydrogens (tertiary/aromatic N) is 1. The Labute approximate surface area is 80.7 Å². The molecule has 2 aromatic rings. The molecule has 1 N–H and O–H groups in total. The number of benzene rings is 1. The number of aromatic hydroxyl groups is 1. The lowest BCUT2D eigenvalue weighted by Gasteiger charge is -2.01. The summed E-state index contributed by atoms with van der Waals surface area (Å²) in [7, 11) is 0. The van der Waals surface area contributed by atoms with E-state index in [9.17, 15) is 9.50 Å². The van der Waals surface area contributed by atoms with Crippen molar-refractivity contribution in [3.63, 3.8) is 0 Å². The van der Waals surface area contributed by atoms with Gasteiger partial charge in [-0.2, -0.15) is 0 Å². The molecule has 2 rings (SSSR count). The standard InChI is InChI=1S/C11H8FNO/c12-10-4-9(5-11(14)6-10)8-2-1-3-13-7-8/h1-7,14H. The molecule has 1 heterocycles. The Kier molecular flexibility index (Phi) is 2.14. The topological polar surface area (TPSA) is 33.1 Å². The van der Waals surface area contributed by atoms with Gasteiger partial charge in [-0.1, -0.05) is 6.07 Å². The van der Waals surface area contributed by atoms with Crippen LogP contribution in [0, 0.1) is 5.82 Å². The van der Waals surface area contributed by atoms with E-state index in [0.717, 1.165) is 11.6 Å². The van der Waals surface area contributed by atoms with Crippen LogP contribution >= 0.6 is 0 Å². The van der Waals surface area contributed by atoms with E-state index in [0.29, 0.717) is 5.56 Å². The zero-order chi connectivity index (χ0) is 9.97. The van der Waals surface area contributed by atoms with Crippen LogP contribution in [-0.4, -0.2) is 10.1 Å². The number of hydrogen-bond acceptors (Lipinski definition) is 2. The van der Waals surface area contributed by atoms with Crippen LogP contribution in [0.2, 0.25) is 0 Å². The summed E-state index contributed by atoms with van der Waals surface area (Å²) in [6.07, 6.45) is 3.26. The van der Waals surface area contributed by atoms with Crippen molar-refractivity contribution in [1.29, 1.82) is 0 Å².